The highest BCUT2D eigenvalue weighted by Crippen LogP contribution is 2.19. The number of benzene rings is 1. The highest BCUT2D eigenvalue weighted by molar-refractivity contribution is 7.98. The number of rotatable bonds is 4. The van der Waals surface area contributed by atoms with Crippen LogP contribution < -0.4 is 5.32 Å². The van der Waals surface area contributed by atoms with Gasteiger partial charge in [0.15, 0.2) is 0 Å². The summed E-state index contributed by atoms with van der Waals surface area (Å²) in [7, 11) is 0. The maximum absolute atomic E-state index is 12.1. The van der Waals surface area contributed by atoms with E-state index in [9.17, 15) is 4.79 Å². The molecule has 0 bridgehead atoms. The molecule has 1 amide bonds. The highest BCUT2D eigenvalue weighted by Gasteiger charge is 2.10. The van der Waals surface area contributed by atoms with Crippen molar-refractivity contribution in [3.8, 4) is 0 Å². The molecule has 0 aliphatic heterocycles. The number of aryl methyl sites for hydroxylation is 1. The van der Waals surface area contributed by atoms with Crippen molar-refractivity contribution in [3.05, 3.63) is 53.5 Å². The van der Waals surface area contributed by atoms with E-state index in [1.165, 1.54) is 0 Å². The monoisotopic (exact) mass is 261 g/mol. The van der Waals surface area contributed by atoms with E-state index < -0.39 is 0 Å². The molecule has 4 heteroatoms. The van der Waals surface area contributed by atoms with Crippen molar-refractivity contribution in [2.75, 3.05) is 6.26 Å². The molecule has 1 aromatic heterocycles. The molecule has 0 saturated carbocycles. The summed E-state index contributed by atoms with van der Waals surface area (Å²) in [6, 6.07) is 9.54. The van der Waals surface area contributed by atoms with Gasteiger partial charge in [0.2, 0.25) is 0 Å². The SMILES string of the molecule is CSc1ccc(C)c(C(=O)NCc2ccco2)c1. The van der Waals surface area contributed by atoms with E-state index in [1.807, 2.05) is 37.4 Å². The van der Waals surface area contributed by atoms with E-state index in [0.717, 1.165) is 16.2 Å². The topological polar surface area (TPSA) is 42.2 Å². The number of hydrogen-bond acceptors (Lipinski definition) is 3. The second kappa shape index (κ2) is 5.78. The van der Waals surface area contributed by atoms with Gasteiger partial charge >= 0.3 is 0 Å². The summed E-state index contributed by atoms with van der Waals surface area (Å²) in [5.41, 5.74) is 1.69. The molecule has 0 fully saturated rings. The summed E-state index contributed by atoms with van der Waals surface area (Å²) in [5, 5.41) is 2.85. The van der Waals surface area contributed by atoms with Gasteiger partial charge in [-0.25, -0.2) is 0 Å². The molecule has 3 nitrogen and oxygen atoms in total. The van der Waals surface area contributed by atoms with Crippen LogP contribution in [-0.2, 0) is 6.54 Å². The Morgan fingerprint density at radius 2 is 2.22 bits per heavy atom. The molecule has 0 unspecified atom stereocenters. The fourth-order valence-electron chi connectivity index (χ4n) is 1.65. The Morgan fingerprint density at radius 1 is 1.39 bits per heavy atom. The number of nitrogens with one attached hydrogen (secondary N) is 1. The van der Waals surface area contributed by atoms with Gasteiger partial charge in [-0.2, -0.15) is 0 Å². The zero-order valence-corrected chi connectivity index (χ0v) is 11.2. The number of thioether (sulfide) groups is 1. The van der Waals surface area contributed by atoms with Crippen LogP contribution in [0.1, 0.15) is 21.7 Å². The second-order valence-electron chi connectivity index (χ2n) is 3.94. The summed E-state index contributed by atoms with van der Waals surface area (Å²) >= 11 is 1.63. The van der Waals surface area contributed by atoms with Crippen molar-refractivity contribution >= 4 is 17.7 Å². The molecule has 0 radical (unpaired) electrons. The molecule has 0 aliphatic rings. The lowest BCUT2D eigenvalue weighted by molar-refractivity contribution is 0.0947. The van der Waals surface area contributed by atoms with Crippen LogP contribution in [-0.4, -0.2) is 12.2 Å². The first-order valence-corrected chi connectivity index (χ1v) is 6.88. The van der Waals surface area contributed by atoms with Crippen LogP contribution >= 0.6 is 11.8 Å². The zero-order valence-electron chi connectivity index (χ0n) is 10.4. The molecule has 1 aromatic carbocycles. The highest BCUT2D eigenvalue weighted by atomic mass is 32.2. The summed E-state index contributed by atoms with van der Waals surface area (Å²) < 4.78 is 5.18. The molecule has 18 heavy (non-hydrogen) atoms. The van der Waals surface area contributed by atoms with E-state index in [-0.39, 0.29) is 5.91 Å². The number of carbonyl (C=O) groups excluding carboxylic acids is 1. The van der Waals surface area contributed by atoms with E-state index in [4.69, 9.17) is 4.42 Å². The van der Waals surface area contributed by atoms with Crippen LogP contribution in [0, 0.1) is 6.92 Å². The van der Waals surface area contributed by atoms with Gasteiger partial charge in [0.25, 0.3) is 5.91 Å². The summed E-state index contributed by atoms with van der Waals surface area (Å²) in [4.78, 5) is 13.2. The van der Waals surface area contributed by atoms with Gasteiger partial charge in [0.1, 0.15) is 5.76 Å². The summed E-state index contributed by atoms with van der Waals surface area (Å²) in [6.07, 6.45) is 3.59. The molecular formula is C14H15NO2S. The smallest absolute Gasteiger partial charge is 0.251 e. The van der Waals surface area contributed by atoms with Gasteiger partial charge in [0.05, 0.1) is 12.8 Å². The molecule has 2 rings (SSSR count). The Hall–Kier alpha value is -1.68. The first-order valence-electron chi connectivity index (χ1n) is 5.66. The normalized spacial score (nSPS) is 10.3. The van der Waals surface area contributed by atoms with Crippen LogP contribution in [0.25, 0.3) is 0 Å². The fraction of sp³-hybridized carbons (Fsp3) is 0.214. The summed E-state index contributed by atoms with van der Waals surface area (Å²) in [6.45, 7) is 2.35. The second-order valence-corrected chi connectivity index (χ2v) is 4.82. The standard InChI is InChI=1S/C14H15NO2S/c1-10-5-6-12(18-2)8-13(10)14(16)15-9-11-4-3-7-17-11/h3-8H,9H2,1-2H3,(H,15,16). The zero-order chi connectivity index (χ0) is 13.0. The van der Waals surface area contributed by atoms with Crippen molar-refractivity contribution in [3.63, 3.8) is 0 Å². The molecule has 94 valence electrons. The number of hydrogen-bond donors (Lipinski definition) is 1. The first-order chi connectivity index (χ1) is 8.70. The van der Waals surface area contributed by atoms with Gasteiger partial charge < -0.3 is 9.73 Å². The molecule has 0 spiro atoms. The maximum atomic E-state index is 12.1. The van der Waals surface area contributed by atoms with Crippen LogP contribution in [0.4, 0.5) is 0 Å². The number of furan rings is 1. The predicted octanol–water partition coefficient (Wildman–Crippen LogP) is 3.24. The molecule has 1 N–H and O–H groups in total. The van der Waals surface area contributed by atoms with E-state index >= 15 is 0 Å². The van der Waals surface area contributed by atoms with Gasteiger partial charge in [-0.1, -0.05) is 6.07 Å². The van der Waals surface area contributed by atoms with Crippen molar-refractivity contribution in [2.24, 2.45) is 0 Å². The molecule has 0 aliphatic carbocycles. The van der Waals surface area contributed by atoms with Crippen molar-refractivity contribution in [1.29, 1.82) is 0 Å². The minimum atomic E-state index is -0.0696. The first kappa shape index (κ1) is 12.8. The van der Waals surface area contributed by atoms with Gasteiger partial charge in [-0.05, 0) is 43.0 Å². The lowest BCUT2D eigenvalue weighted by atomic mass is 10.1. The van der Waals surface area contributed by atoms with Crippen LogP contribution in [0.2, 0.25) is 0 Å². The van der Waals surface area contributed by atoms with Crippen LogP contribution in [0.5, 0.6) is 0 Å². The van der Waals surface area contributed by atoms with Crippen molar-refractivity contribution < 1.29 is 9.21 Å². The Bertz CT molecular complexity index is 535. The Morgan fingerprint density at radius 3 is 2.89 bits per heavy atom. The largest absolute Gasteiger partial charge is 0.467 e. The Balaban J connectivity index is 2.08. The van der Waals surface area contributed by atoms with E-state index in [0.29, 0.717) is 12.1 Å². The molecule has 2 aromatic rings. The predicted molar refractivity (Wildman–Crippen MR) is 72.8 cm³/mol. The van der Waals surface area contributed by atoms with Crippen LogP contribution in [0.15, 0.2) is 45.9 Å². The minimum absolute atomic E-state index is 0.0696. The van der Waals surface area contributed by atoms with Gasteiger partial charge in [0, 0.05) is 10.5 Å². The van der Waals surface area contributed by atoms with Crippen molar-refractivity contribution in [2.45, 2.75) is 18.4 Å². The molecule has 0 atom stereocenters. The average molecular weight is 261 g/mol. The third kappa shape index (κ3) is 2.96. The maximum Gasteiger partial charge on any atom is 0.251 e. The quantitative estimate of drug-likeness (QED) is 0.859. The number of carbonyl (C=O) groups is 1. The molecule has 1 heterocycles. The van der Waals surface area contributed by atoms with Gasteiger partial charge in [-0.15, -0.1) is 11.8 Å². The minimum Gasteiger partial charge on any atom is -0.467 e. The third-order valence-corrected chi connectivity index (χ3v) is 3.42. The molecular weight excluding hydrogens is 246 g/mol. The van der Waals surface area contributed by atoms with E-state index in [1.54, 1.807) is 24.1 Å². The third-order valence-electron chi connectivity index (χ3n) is 2.69. The van der Waals surface area contributed by atoms with Gasteiger partial charge in [-0.3, -0.25) is 4.79 Å². The van der Waals surface area contributed by atoms with Crippen molar-refractivity contribution in [1.82, 2.24) is 5.32 Å². The van der Waals surface area contributed by atoms with E-state index in [2.05, 4.69) is 5.32 Å². The fourth-order valence-corrected chi connectivity index (χ4v) is 2.09. The number of amides is 1. The Kier molecular flexibility index (Phi) is 4.10. The summed E-state index contributed by atoms with van der Waals surface area (Å²) in [5.74, 6) is 0.682. The lowest BCUT2D eigenvalue weighted by Gasteiger charge is -2.08. The lowest BCUT2D eigenvalue weighted by Crippen LogP contribution is -2.23. The van der Waals surface area contributed by atoms with Crippen LogP contribution in [0.3, 0.4) is 0 Å². The average Bonchev–Trinajstić information content (AvgIpc) is 2.89. The molecule has 0 saturated heterocycles. The Labute approximate surface area is 111 Å².